The van der Waals surface area contributed by atoms with Crippen molar-refractivity contribution in [2.75, 3.05) is 13.7 Å². The van der Waals surface area contributed by atoms with E-state index in [1.165, 1.54) is 61.2 Å². The Bertz CT molecular complexity index is 532. The van der Waals surface area contributed by atoms with Crippen LogP contribution in [0.2, 0.25) is 0 Å². The van der Waals surface area contributed by atoms with Crippen LogP contribution in [-0.2, 0) is 17.6 Å². The highest BCUT2D eigenvalue weighted by Crippen LogP contribution is 2.24. The lowest BCUT2D eigenvalue weighted by molar-refractivity contribution is -0.121. The molecule has 4 nitrogen and oxygen atoms in total. The van der Waals surface area contributed by atoms with E-state index in [4.69, 9.17) is 9.52 Å². The molecule has 0 aliphatic heterocycles. The summed E-state index contributed by atoms with van der Waals surface area (Å²) in [7, 11) is 1.72. The number of furan rings is 1. The second-order valence-corrected chi connectivity index (χ2v) is 7.77. The number of hydrogen-bond acceptors (Lipinski definition) is 4. The molecule has 1 aromatic rings. The third-order valence-corrected chi connectivity index (χ3v) is 5.62. The summed E-state index contributed by atoms with van der Waals surface area (Å²) in [4.78, 5) is 11.8. The summed E-state index contributed by atoms with van der Waals surface area (Å²) in [6.07, 6.45) is 13.4. The van der Waals surface area contributed by atoms with Gasteiger partial charge in [0.15, 0.2) is 5.78 Å². The predicted molar refractivity (Wildman–Crippen MR) is 112 cm³/mol. The molecule has 0 aliphatic rings. The number of likely N-dealkylation sites (N-methyl/N-ethyl adjacent to an activating group) is 1. The zero-order valence-electron chi connectivity index (χ0n) is 18.0. The minimum atomic E-state index is -0.385. The van der Waals surface area contributed by atoms with E-state index in [0.717, 1.165) is 32.1 Å². The number of carbonyl (C=O) groups excluding carboxylic acids is 1. The zero-order valence-corrected chi connectivity index (χ0v) is 18.0. The molecule has 0 bridgehead atoms. The van der Waals surface area contributed by atoms with Crippen LogP contribution in [0.5, 0.6) is 0 Å². The lowest BCUT2D eigenvalue weighted by Crippen LogP contribution is -2.37. The molecule has 0 fully saturated rings. The molecule has 0 saturated heterocycles. The molecule has 0 aliphatic carbocycles. The van der Waals surface area contributed by atoms with Gasteiger partial charge in [0.1, 0.15) is 11.5 Å². The smallest absolute Gasteiger partial charge is 0.152 e. The van der Waals surface area contributed by atoms with Crippen molar-refractivity contribution in [2.24, 2.45) is 0 Å². The maximum Gasteiger partial charge on any atom is 0.152 e. The summed E-state index contributed by atoms with van der Waals surface area (Å²) in [6, 6.07) is -0.385. The van der Waals surface area contributed by atoms with Crippen LogP contribution in [0, 0.1) is 13.8 Å². The molecule has 0 spiro atoms. The Balaban J connectivity index is 2.04. The molecule has 1 atom stereocenters. The number of aliphatic hydroxyl groups excluding tert-OH is 1. The van der Waals surface area contributed by atoms with Crippen molar-refractivity contribution in [2.45, 2.75) is 104 Å². The van der Waals surface area contributed by atoms with Gasteiger partial charge in [-0.2, -0.15) is 0 Å². The molecule has 1 rings (SSSR count). The van der Waals surface area contributed by atoms with Crippen molar-refractivity contribution in [3.8, 4) is 0 Å². The van der Waals surface area contributed by atoms with Gasteiger partial charge in [-0.05, 0) is 51.3 Å². The number of nitrogens with one attached hydrogen (secondary N) is 1. The Hall–Kier alpha value is -1.13. The van der Waals surface area contributed by atoms with Gasteiger partial charge in [-0.3, -0.25) is 4.79 Å². The number of carbonyl (C=O) groups is 1. The highest BCUT2D eigenvalue weighted by molar-refractivity contribution is 5.84. The van der Waals surface area contributed by atoms with E-state index in [9.17, 15) is 4.79 Å². The zero-order chi connectivity index (χ0) is 20.1. The lowest BCUT2D eigenvalue weighted by Gasteiger charge is -2.11. The molecule has 0 aromatic carbocycles. The summed E-state index contributed by atoms with van der Waals surface area (Å²) >= 11 is 0. The van der Waals surface area contributed by atoms with Gasteiger partial charge in [0.2, 0.25) is 0 Å². The Morgan fingerprint density at radius 1 is 0.926 bits per heavy atom. The van der Waals surface area contributed by atoms with Crippen molar-refractivity contribution >= 4 is 5.78 Å². The molecule has 156 valence electrons. The summed E-state index contributed by atoms with van der Waals surface area (Å²) in [5.74, 6) is 2.51. The molecule has 1 heterocycles. The lowest BCUT2D eigenvalue weighted by atomic mass is 10.0. The third-order valence-electron chi connectivity index (χ3n) is 5.62. The molecule has 1 aromatic heterocycles. The van der Waals surface area contributed by atoms with Crippen LogP contribution in [-0.4, -0.2) is 30.6 Å². The van der Waals surface area contributed by atoms with E-state index in [1.54, 1.807) is 7.05 Å². The highest BCUT2D eigenvalue weighted by Gasteiger charge is 2.14. The fraction of sp³-hybridized carbons (Fsp3) is 0.783. The van der Waals surface area contributed by atoms with Gasteiger partial charge in [0, 0.05) is 19.3 Å². The van der Waals surface area contributed by atoms with Gasteiger partial charge in [-0.25, -0.2) is 0 Å². The number of ketones is 1. The van der Waals surface area contributed by atoms with Crippen molar-refractivity contribution in [1.29, 1.82) is 0 Å². The Morgan fingerprint density at radius 3 is 1.96 bits per heavy atom. The average molecular weight is 380 g/mol. The Morgan fingerprint density at radius 2 is 1.44 bits per heavy atom. The maximum atomic E-state index is 11.8. The number of hydrogen-bond donors (Lipinski definition) is 2. The Kier molecular flexibility index (Phi) is 12.4. The minimum Gasteiger partial charge on any atom is -0.466 e. The molecule has 27 heavy (non-hydrogen) atoms. The summed E-state index contributed by atoms with van der Waals surface area (Å²) in [6.45, 7) is 6.47. The van der Waals surface area contributed by atoms with E-state index in [2.05, 4.69) is 26.1 Å². The predicted octanol–water partition coefficient (Wildman–Crippen LogP) is 5.05. The average Bonchev–Trinajstić information content (AvgIpc) is 2.92. The topological polar surface area (TPSA) is 62.5 Å². The number of aliphatic hydroxyl groups is 1. The largest absolute Gasteiger partial charge is 0.466 e. The fourth-order valence-corrected chi connectivity index (χ4v) is 3.60. The molecule has 2 N–H and O–H groups in total. The van der Waals surface area contributed by atoms with Gasteiger partial charge in [-0.15, -0.1) is 0 Å². The minimum absolute atomic E-state index is 0.105. The van der Waals surface area contributed by atoms with Gasteiger partial charge in [0.05, 0.1) is 12.6 Å². The van der Waals surface area contributed by atoms with Crippen LogP contribution in [0.15, 0.2) is 4.42 Å². The van der Waals surface area contributed by atoms with Crippen LogP contribution in [0.25, 0.3) is 0 Å². The van der Waals surface area contributed by atoms with Crippen molar-refractivity contribution < 1.29 is 14.3 Å². The number of unbranched alkanes of at least 4 members (excludes halogenated alkanes) is 7. The van der Waals surface area contributed by atoms with E-state index in [0.29, 0.717) is 6.42 Å². The first kappa shape index (κ1) is 23.9. The molecular formula is C23H41NO3. The molecular weight excluding hydrogens is 338 g/mol. The summed E-state index contributed by atoms with van der Waals surface area (Å²) < 4.78 is 6.06. The number of Topliss-reactive ketones (excluding diaryl/α,β-unsaturated/α-hetero) is 1. The second kappa shape index (κ2) is 14.0. The molecule has 0 saturated carbocycles. The van der Waals surface area contributed by atoms with Crippen LogP contribution in [0.1, 0.15) is 93.8 Å². The van der Waals surface area contributed by atoms with Crippen LogP contribution >= 0.6 is 0 Å². The van der Waals surface area contributed by atoms with Crippen molar-refractivity contribution in [3.05, 3.63) is 22.6 Å². The van der Waals surface area contributed by atoms with E-state index >= 15 is 0 Å². The number of rotatable bonds is 16. The molecule has 0 unspecified atom stereocenters. The second-order valence-electron chi connectivity index (χ2n) is 7.77. The third kappa shape index (κ3) is 8.61. The normalized spacial score (nSPS) is 12.5. The first-order chi connectivity index (χ1) is 13.0. The van der Waals surface area contributed by atoms with Gasteiger partial charge < -0.3 is 14.8 Å². The van der Waals surface area contributed by atoms with Gasteiger partial charge in [-0.1, -0.05) is 45.4 Å². The van der Waals surface area contributed by atoms with E-state index in [1.807, 2.05) is 0 Å². The van der Waals surface area contributed by atoms with Crippen LogP contribution < -0.4 is 5.32 Å². The van der Waals surface area contributed by atoms with Crippen molar-refractivity contribution in [3.63, 3.8) is 0 Å². The highest BCUT2D eigenvalue weighted by atomic mass is 16.3. The SMILES string of the molecule is CCCc1oc(CCCCCCCCCCC(=O)[C@H](CO)NC)c(C)c1C. The van der Waals surface area contributed by atoms with Crippen LogP contribution in [0.3, 0.4) is 0 Å². The maximum absolute atomic E-state index is 11.8. The summed E-state index contributed by atoms with van der Waals surface area (Å²) in [5.41, 5.74) is 2.71. The first-order valence-electron chi connectivity index (χ1n) is 10.9. The van der Waals surface area contributed by atoms with Crippen LogP contribution in [0.4, 0.5) is 0 Å². The van der Waals surface area contributed by atoms with Crippen molar-refractivity contribution in [1.82, 2.24) is 5.32 Å². The Labute approximate surface area is 166 Å². The fourth-order valence-electron chi connectivity index (χ4n) is 3.60. The van der Waals surface area contributed by atoms with E-state index < -0.39 is 0 Å². The van der Waals surface area contributed by atoms with E-state index in [-0.39, 0.29) is 18.4 Å². The number of aryl methyl sites for hydroxylation is 2. The molecule has 0 amide bonds. The quantitative estimate of drug-likeness (QED) is 0.394. The van der Waals surface area contributed by atoms with Gasteiger partial charge in [0.25, 0.3) is 0 Å². The molecule has 0 radical (unpaired) electrons. The monoisotopic (exact) mass is 379 g/mol. The van der Waals surface area contributed by atoms with Gasteiger partial charge >= 0.3 is 0 Å². The first-order valence-corrected chi connectivity index (χ1v) is 10.9. The standard InChI is InChI=1S/C23H41NO3/c1-5-14-22-18(2)19(3)23(27-22)16-13-11-9-7-6-8-10-12-15-21(26)20(17-25)24-4/h20,24-25H,5-17H2,1-4H3/t20-/m0/s1. The summed E-state index contributed by atoms with van der Waals surface area (Å²) in [5, 5.41) is 11.9. The molecule has 4 heteroatoms.